The van der Waals surface area contributed by atoms with Crippen LogP contribution in [0.15, 0.2) is 60.8 Å². The molecule has 1 aromatic heterocycles. The molecule has 0 spiro atoms. The lowest BCUT2D eigenvalue weighted by Crippen LogP contribution is -2.39. The van der Waals surface area contributed by atoms with Crippen molar-refractivity contribution in [1.82, 2.24) is 5.32 Å². The molecule has 4 rings (SSSR count). The van der Waals surface area contributed by atoms with E-state index in [1.807, 2.05) is 60.8 Å². The number of carbonyl (C=O) groups is 2. The Hall–Kier alpha value is -3.21. The van der Waals surface area contributed by atoms with Crippen molar-refractivity contribution in [2.45, 2.75) is 6.54 Å². The first-order chi connectivity index (χ1) is 11.7. The average molecular weight is 318 g/mol. The zero-order valence-corrected chi connectivity index (χ0v) is 13.0. The fourth-order valence-corrected chi connectivity index (χ4v) is 3.07. The molecule has 118 valence electrons. The fraction of sp³-hybridized carbons (Fsp3) is 0.105. The first-order valence-electron chi connectivity index (χ1n) is 7.80. The van der Waals surface area contributed by atoms with Crippen LogP contribution >= 0.6 is 0 Å². The van der Waals surface area contributed by atoms with E-state index < -0.39 is 0 Å². The van der Waals surface area contributed by atoms with E-state index in [4.69, 9.17) is 0 Å². The maximum absolute atomic E-state index is 12.6. The van der Waals surface area contributed by atoms with Gasteiger partial charge in [-0.25, -0.2) is 4.98 Å². The zero-order chi connectivity index (χ0) is 16.5. The highest BCUT2D eigenvalue weighted by atomic mass is 16.2. The Kier molecular flexibility index (Phi) is 3.46. The molecular weight excluding hydrogens is 302 g/mol. The summed E-state index contributed by atoms with van der Waals surface area (Å²) in [6.07, 6.45) is 1.81. The number of rotatable bonds is 4. The van der Waals surface area contributed by atoms with Crippen molar-refractivity contribution in [2.75, 3.05) is 11.4 Å². The summed E-state index contributed by atoms with van der Waals surface area (Å²) in [7, 11) is 0. The van der Waals surface area contributed by atoms with Crippen LogP contribution in [0.5, 0.6) is 0 Å². The second-order valence-electron chi connectivity index (χ2n) is 5.74. The molecule has 0 unspecified atom stereocenters. The van der Waals surface area contributed by atoms with Crippen LogP contribution < -0.4 is 15.2 Å². The Bertz CT molecular complexity index is 933. The Morgan fingerprint density at radius 2 is 1.88 bits per heavy atom. The summed E-state index contributed by atoms with van der Waals surface area (Å²) in [5.41, 5.74) is 2.37. The Morgan fingerprint density at radius 3 is 2.67 bits per heavy atom. The number of anilines is 1. The Morgan fingerprint density at radius 1 is 1.04 bits per heavy atom. The molecule has 0 fully saturated rings. The van der Waals surface area contributed by atoms with Gasteiger partial charge in [0.25, 0.3) is 5.91 Å². The van der Waals surface area contributed by atoms with Gasteiger partial charge in [0.2, 0.25) is 5.91 Å². The van der Waals surface area contributed by atoms with E-state index in [0.29, 0.717) is 12.1 Å². The molecule has 5 nitrogen and oxygen atoms in total. The summed E-state index contributed by atoms with van der Waals surface area (Å²) < 4.78 is 0. The van der Waals surface area contributed by atoms with Crippen molar-refractivity contribution in [3.05, 3.63) is 72.1 Å². The van der Waals surface area contributed by atoms with Gasteiger partial charge in [0, 0.05) is 23.1 Å². The number of hydrogen-bond donors (Lipinski definition) is 1. The van der Waals surface area contributed by atoms with Gasteiger partial charge in [0.05, 0.1) is 5.69 Å². The van der Waals surface area contributed by atoms with Gasteiger partial charge in [-0.1, -0.05) is 30.3 Å². The molecule has 0 bridgehead atoms. The number of H-pyrrole nitrogens is 1. The van der Waals surface area contributed by atoms with E-state index >= 15 is 0 Å². The first-order valence-corrected chi connectivity index (χ1v) is 7.80. The standard InChI is InChI=1S/C19H15N3O2/c23-17(21-11-14-7-1-2-10-20-14)12-22-16-9-4-6-13-5-3-8-15(18(13)16)19(22)24/h1-10H,11-12H2,(H,21,23)/p+1. The number of aromatic nitrogens is 1. The highest BCUT2D eigenvalue weighted by Crippen LogP contribution is 2.36. The molecule has 1 aliphatic heterocycles. The number of carbonyl (C=O) groups excluding carboxylic acids is 2. The third-order valence-corrected chi connectivity index (χ3v) is 4.20. The van der Waals surface area contributed by atoms with Crippen LogP contribution in [0.2, 0.25) is 0 Å². The molecular formula is C19H16N3O2+. The summed E-state index contributed by atoms with van der Waals surface area (Å²) >= 11 is 0. The topological polar surface area (TPSA) is 63.6 Å². The molecule has 5 heteroatoms. The smallest absolute Gasteiger partial charge is 0.259 e. The number of nitrogens with zero attached hydrogens (tertiary/aromatic N) is 1. The molecule has 2 aromatic carbocycles. The van der Waals surface area contributed by atoms with E-state index in [0.717, 1.165) is 22.2 Å². The summed E-state index contributed by atoms with van der Waals surface area (Å²) in [6, 6.07) is 17.1. The molecule has 2 amide bonds. The third-order valence-electron chi connectivity index (χ3n) is 4.20. The van der Waals surface area contributed by atoms with E-state index in [1.165, 1.54) is 0 Å². The van der Waals surface area contributed by atoms with Gasteiger partial charge in [0.15, 0.2) is 11.9 Å². The number of pyridine rings is 1. The molecule has 0 radical (unpaired) electrons. The average Bonchev–Trinajstić information content (AvgIpc) is 2.89. The van der Waals surface area contributed by atoms with Crippen molar-refractivity contribution in [2.24, 2.45) is 0 Å². The lowest BCUT2D eigenvalue weighted by molar-refractivity contribution is -0.390. The van der Waals surface area contributed by atoms with Crippen LogP contribution in [0.1, 0.15) is 16.1 Å². The number of amides is 2. The predicted octanol–water partition coefficient (Wildman–Crippen LogP) is 1.93. The van der Waals surface area contributed by atoms with Gasteiger partial charge < -0.3 is 5.32 Å². The van der Waals surface area contributed by atoms with Crippen LogP contribution in [-0.2, 0) is 11.3 Å². The van der Waals surface area contributed by atoms with E-state index in [1.54, 1.807) is 4.90 Å². The lowest BCUT2D eigenvalue weighted by atomic mass is 10.1. The Balaban J connectivity index is 1.53. The molecule has 1 aliphatic rings. The minimum Gasteiger partial charge on any atom is -0.344 e. The van der Waals surface area contributed by atoms with Crippen molar-refractivity contribution >= 4 is 28.3 Å². The molecule has 24 heavy (non-hydrogen) atoms. The van der Waals surface area contributed by atoms with Gasteiger partial charge in [-0.3, -0.25) is 14.5 Å². The maximum atomic E-state index is 12.6. The van der Waals surface area contributed by atoms with Gasteiger partial charge in [-0.05, 0) is 17.5 Å². The lowest BCUT2D eigenvalue weighted by Gasteiger charge is -2.16. The molecule has 0 saturated heterocycles. The summed E-state index contributed by atoms with van der Waals surface area (Å²) in [6.45, 7) is 0.415. The van der Waals surface area contributed by atoms with Crippen molar-refractivity contribution in [3.63, 3.8) is 0 Å². The van der Waals surface area contributed by atoms with Crippen LogP contribution in [0.25, 0.3) is 10.8 Å². The number of aromatic amines is 1. The number of nitrogens with one attached hydrogen (secondary N) is 2. The predicted molar refractivity (Wildman–Crippen MR) is 90.5 cm³/mol. The van der Waals surface area contributed by atoms with E-state index in [-0.39, 0.29) is 18.4 Å². The second kappa shape index (κ2) is 5.77. The normalized spacial score (nSPS) is 12.7. The van der Waals surface area contributed by atoms with Gasteiger partial charge in [0.1, 0.15) is 13.1 Å². The van der Waals surface area contributed by atoms with Gasteiger partial charge >= 0.3 is 0 Å². The monoisotopic (exact) mass is 318 g/mol. The molecule has 2 heterocycles. The van der Waals surface area contributed by atoms with Crippen LogP contribution in [0, 0.1) is 0 Å². The molecule has 3 aromatic rings. The summed E-state index contributed by atoms with van der Waals surface area (Å²) in [5, 5.41) is 4.78. The molecule has 2 N–H and O–H groups in total. The quantitative estimate of drug-likeness (QED) is 0.799. The third kappa shape index (κ3) is 2.40. The largest absolute Gasteiger partial charge is 0.344 e. The maximum Gasteiger partial charge on any atom is 0.259 e. The van der Waals surface area contributed by atoms with Crippen LogP contribution in [0.4, 0.5) is 5.69 Å². The van der Waals surface area contributed by atoms with Crippen molar-refractivity contribution in [1.29, 1.82) is 0 Å². The summed E-state index contributed by atoms with van der Waals surface area (Å²) in [5.74, 6) is -0.311. The van der Waals surface area contributed by atoms with Crippen molar-refractivity contribution < 1.29 is 14.6 Å². The van der Waals surface area contributed by atoms with Gasteiger partial charge in [-0.15, -0.1) is 0 Å². The molecule has 0 aliphatic carbocycles. The zero-order valence-electron chi connectivity index (χ0n) is 13.0. The fourth-order valence-electron chi connectivity index (χ4n) is 3.07. The molecule has 0 atom stereocenters. The molecule has 0 saturated carbocycles. The summed E-state index contributed by atoms with van der Waals surface area (Å²) in [4.78, 5) is 29.5. The number of benzene rings is 2. The second-order valence-corrected chi connectivity index (χ2v) is 5.74. The van der Waals surface area contributed by atoms with E-state index in [9.17, 15) is 9.59 Å². The first kappa shape index (κ1) is 14.4. The van der Waals surface area contributed by atoms with Crippen molar-refractivity contribution in [3.8, 4) is 0 Å². The minimum atomic E-state index is -0.189. The number of hydrogen-bond acceptors (Lipinski definition) is 2. The Labute approximate surface area is 138 Å². The van der Waals surface area contributed by atoms with Gasteiger partial charge in [-0.2, -0.15) is 0 Å². The van der Waals surface area contributed by atoms with E-state index in [2.05, 4.69) is 10.3 Å². The highest BCUT2D eigenvalue weighted by Gasteiger charge is 2.30. The van der Waals surface area contributed by atoms with Crippen LogP contribution in [-0.4, -0.2) is 18.4 Å². The highest BCUT2D eigenvalue weighted by molar-refractivity contribution is 6.26. The minimum absolute atomic E-state index is 0.0134. The SMILES string of the molecule is O=C(CN1C(=O)c2cccc3cccc1c23)NCc1cccc[nH+]1. The van der Waals surface area contributed by atoms with Crippen LogP contribution in [0.3, 0.4) is 0 Å².